The molecule has 2 atom stereocenters. The van der Waals surface area contributed by atoms with Gasteiger partial charge in [-0.15, -0.1) is 0 Å². The van der Waals surface area contributed by atoms with E-state index in [1.165, 1.54) is 30.6 Å². The van der Waals surface area contributed by atoms with E-state index in [4.69, 9.17) is 10.5 Å². The highest BCUT2D eigenvalue weighted by molar-refractivity contribution is 7.99. The fraction of sp³-hybridized carbons (Fsp3) is 0.600. The van der Waals surface area contributed by atoms with E-state index in [-0.39, 0.29) is 11.5 Å². The number of hydrogen-bond acceptors (Lipinski definition) is 3. The molecular formula is C15H21NOS. The zero-order valence-corrected chi connectivity index (χ0v) is 11.7. The number of rotatable bonds is 4. The van der Waals surface area contributed by atoms with E-state index in [1.54, 1.807) is 0 Å². The van der Waals surface area contributed by atoms with Crippen LogP contribution in [-0.2, 0) is 5.41 Å². The number of benzene rings is 1. The summed E-state index contributed by atoms with van der Waals surface area (Å²) in [7, 11) is 0. The normalized spacial score (nSPS) is 26.9. The lowest BCUT2D eigenvalue weighted by atomic mass is 9.89. The minimum absolute atomic E-state index is 0.246. The van der Waals surface area contributed by atoms with Gasteiger partial charge in [-0.2, -0.15) is 11.8 Å². The Kier molecular flexibility index (Phi) is 3.29. The zero-order chi connectivity index (χ0) is 12.6. The molecule has 0 amide bonds. The molecular weight excluding hydrogens is 242 g/mol. The van der Waals surface area contributed by atoms with Crippen molar-refractivity contribution in [1.82, 2.24) is 0 Å². The molecule has 98 valence electrons. The molecule has 0 radical (unpaired) electrons. The number of hydrogen-bond donors (Lipinski definition) is 1. The second-order valence-corrected chi connectivity index (χ2v) is 6.72. The van der Waals surface area contributed by atoms with E-state index in [1.807, 2.05) is 11.8 Å². The molecule has 1 aromatic rings. The first kappa shape index (κ1) is 12.4. The molecule has 1 aliphatic heterocycles. The largest absolute Gasteiger partial charge is 0.490 e. The van der Waals surface area contributed by atoms with Crippen LogP contribution < -0.4 is 10.5 Å². The Morgan fingerprint density at radius 1 is 1.33 bits per heavy atom. The topological polar surface area (TPSA) is 35.2 Å². The fourth-order valence-corrected chi connectivity index (χ4v) is 3.90. The molecule has 2 N–H and O–H groups in total. The lowest BCUT2D eigenvalue weighted by Crippen LogP contribution is -2.31. The molecule has 2 nitrogen and oxygen atoms in total. The van der Waals surface area contributed by atoms with Crippen LogP contribution in [0.1, 0.15) is 31.7 Å². The molecule has 3 heteroatoms. The Labute approximate surface area is 113 Å². The van der Waals surface area contributed by atoms with Crippen molar-refractivity contribution in [3.63, 3.8) is 0 Å². The zero-order valence-electron chi connectivity index (χ0n) is 10.9. The molecule has 1 saturated heterocycles. The Morgan fingerprint density at radius 3 is 2.56 bits per heavy atom. The van der Waals surface area contributed by atoms with Gasteiger partial charge in [0.05, 0.1) is 0 Å². The van der Waals surface area contributed by atoms with Crippen molar-refractivity contribution < 1.29 is 4.74 Å². The summed E-state index contributed by atoms with van der Waals surface area (Å²) < 4.78 is 5.97. The summed E-state index contributed by atoms with van der Waals surface area (Å²) in [5, 5.41) is 0. The molecule has 2 fully saturated rings. The molecule has 3 rings (SSSR count). The molecule has 1 aliphatic carbocycles. The number of ether oxygens (including phenoxy) is 1. The summed E-state index contributed by atoms with van der Waals surface area (Å²) in [5.41, 5.74) is 7.73. The van der Waals surface area contributed by atoms with E-state index in [0.717, 1.165) is 11.5 Å². The van der Waals surface area contributed by atoms with Crippen LogP contribution in [-0.4, -0.2) is 23.7 Å². The standard InChI is InChI=1S/C15H21NOS/c1-11(16)15(7-8-15)12-2-4-13(5-3-12)17-14-6-9-18-10-14/h2-5,11,14H,6-10,16H2,1H3. The Bertz CT molecular complexity index is 405. The molecule has 0 spiro atoms. The predicted molar refractivity (Wildman–Crippen MR) is 77.4 cm³/mol. The summed E-state index contributed by atoms with van der Waals surface area (Å²) in [6.45, 7) is 2.12. The average molecular weight is 263 g/mol. The van der Waals surface area contributed by atoms with Crippen LogP contribution in [0.3, 0.4) is 0 Å². The maximum absolute atomic E-state index is 6.10. The van der Waals surface area contributed by atoms with Crippen molar-refractivity contribution in [3.05, 3.63) is 29.8 Å². The van der Waals surface area contributed by atoms with Gasteiger partial charge in [0.15, 0.2) is 0 Å². The number of thioether (sulfide) groups is 1. The predicted octanol–water partition coefficient (Wildman–Crippen LogP) is 2.95. The summed E-state index contributed by atoms with van der Waals surface area (Å²) in [6, 6.07) is 8.87. The lowest BCUT2D eigenvalue weighted by Gasteiger charge is -2.20. The molecule has 18 heavy (non-hydrogen) atoms. The third kappa shape index (κ3) is 2.26. The Balaban J connectivity index is 1.69. The Morgan fingerprint density at radius 2 is 2.06 bits per heavy atom. The van der Waals surface area contributed by atoms with Crippen molar-refractivity contribution in [2.75, 3.05) is 11.5 Å². The fourth-order valence-electron chi connectivity index (χ4n) is 2.81. The van der Waals surface area contributed by atoms with Crippen LogP contribution in [0.2, 0.25) is 0 Å². The maximum atomic E-state index is 6.10. The highest BCUT2D eigenvalue weighted by Gasteiger charge is 2.47. The first-order valence-corrected chi connectivity index (χ1v) is 7.97. The Hall–Kier alpha value is -0.670. The van der Waals surface area contributed by atoms with Gasteiger partial charge < -0.3 is 10.5 Å². The van der Waals surface area contributed by atoms with Gasteiger partial charge >= 0.3 is 0 Å². The monoisotopic (exact) mass is 263 g/mol. The van der Waals surface area contributed by atoms with Crippen molar-refractivity contribution >= 4 is 11.8 Å². The third-order valence-corrected chi connectivity index (χ3v) is 5.41. The van der Waals surface area contributed by atoms with Crippen molar-refractivity contribution in [2.24, 2.45) is 5.73 Å². The average Bonchev–Trinajstić information content (AvgIpc) is 3.04. The quantitative estimate of drug-likeness (QED) is 0.907. The van der Waals surface area contributed by atoms with E-state index in [9.17, 15) is 0 Å². The highest BCUT2D eigenvalue weighted by Crippen LogP contribution is 2.50. The maximum Gasteiger partial charge on any atom is 0.119 e. The van der Waals surface area contributed by atoms with Gasteiger partial charge in [0.1, 0.15) is 11.9 Å². The van der Waals surface area contributed by atoms with Crippen LogP contribution in [0.4, 0.5) is 0 Å². The van der Waals surface area contributed by atoms with Crippen LogP contribution in [0.5, 0.6) is 5.75 Å². The molecule has 1 heterocycles. The lowest BCUT2D eigenvalue weighted by molar-refractivity contribution is 0.229. The van der Waals surface area contributed by atoms with Crippen LogP contribution in [0, 0.1) is 0 Å². The first-order valence-electron chi connectivity index (χ1n) is 6.81. The second-order valence-electron chi connectivity index (χ2n) is 5.57. The first-order chi connectivity index (χ1) is 8.71. The van der Waals surface area contributed by atoms with E-state index >= 15 is 0 Å². The van der Waals surface area contributed by atoms with E-state index in [2.05, 4.69) is 31.2 Å². The molecule has 1 saturated carbocycles. The van der Waals surface area contributed by atoms with Crippen molar-refractivity contribution in [2.45, 2.75) is 43.7 Å². The SMILES string of the molecule is CC(N)C1(c2ccc(OC3CCSC3)cc2)CC1. The van der Waals surface area contributed by atoms with Crippen LogP contribution in [0.15, 0.2) is 24.3 Å². The van der Waals surface area contributed by atoms with Crippen molar-refractivity contribution in [3.8, 4) is 5.75 Å². The van der Waals surface area contributed by atoms with Gasteiger partial charge in [0.25, 0.3) is 0 Å². The van der Waals surface area contributed by atoms with Gasteiger partial charge in [-0.1, -0.05) is 12.1 Å². The minimum atomic E-state index is 0.246. The van der Waals surface area contributed by atoms with Gasteiger partial charge in [0, 0.05) is 17.2 Å². The summed E-state index contributed by atoms with van der Waals surface area (Å²) in [5.74, 6) is 3.37. The molecule has 0 bridgehead atoms. The van der Waals surface area contributed by atoms with Crippen LogP contribution >= 0.6 is 11.8 Å². The van der Waals surface area contributed by atoms with Gasteiger partial charge in [0.2, 0.25) is 0 Å². The molecule has 0 aromatic heterocycles. The van der Waals surface area contributed by atoms with Crippen molar-refractivity contribution in [1.29, 1.82) is 0 Å². The number of nitrogens with two attached hydrogens (primary N) is 1. The second kappa shape index (κ2) is 4.78. The minimum Gasteiger partial charge on any atom is -0.490 e. The van der Waals surface area contributed by atoms with E-state index in [0.29, 0.717) is 6.10 Å². The third-order valence-electron chi connectivity index (χ3n) is 4.28. The van der Waals surface area contributed by atoms with Gasteiger partial charge in [-0.3, -0.25) is 0 Å². The highest BCUT2D eigenvalue weighted by atomic mass is 32.2. The van der Waals surface area contributed by atoms with Gasteiger partial charge in [-0.05, 0) is 49.6 Å². The summed E-state index contributed by atoms with van der Waals surface area (Å²) in [6.07, 6.45) is 4.04. The summed E-state index contributed by atoms with van der Waals surface area (Å²) in [4.78, 5) is 0. The molecule has 1 aromatic carbocycles. The molecule has 2 aliphatic rings. The summed E-state index contributed by atoms with van der Waals surface area (Å²) >= 11 is 1.98. The smallest absolute Gasteiger partial charge is 0.119 e. The van der Waals surface area contributed by atoms with Crippen LogP contribution in [0.25, 0.3) is 0 Å². The van der Waals surface area contributed by atoms with Gasteiger partial charge in [-0.25, -0.2) is 0 Å². The van der Waals surface area contributed by atoms with E-state index < -0.39 is 0 Å². The molecule has 2 unspecified atom stereocenters.